The number of nitrogens with two attached hydrogens (primary N) is 1. The van der Waals surface area contributed by atoms with E-state index in [1.54, 1.807) is 0 Å². The van der Waals surface area contributed by atoms with Crippen LogP contribution in [0.15, 0.2) is 27.8 Å². The maximum absolute atomic E-state index is 12.5. The fourth-order valence-electron chi connectivity index (χ4n) is 1.18. The van der Waals surface area contributed by atoms with Crippen molar-refractivity contribution in [1.82, 2.24) is 5.32 Å². The Balaban J connectivity index is 2.96. The Hall–Kier alpha value is -1.77. The van der Waals surface area contributed by atoms with Gasteiger partial charge in [-0.05, 0) is 34.1 Å². The van der Waals surface area contributed by atoms with Gasteiger partial charge in [0.25, 0.3) is 5.91 Å². The van der Waals surface area contributed by atoms with Gasteiger partial charge in [0.2, 0.25) is 0 Å². The van der Waals surface area contributed by atoms with Crippen LogP contribution in [0.1, 0.15) is 15.9 Å². The number of halogens is 4. The van der Waals surface area contributed by atoms with Crippen LogP contribution in [0.25, 0.3) is 0 Å². The fourth-order valence-corrected chi connectivity index (χ4v) is 1.60. The number of amides is 1. The number of amidine groups is 1. The van der Waals surface area contributed by atoms with Gasteiger partial charge in [-0.3, -0.25) is 4.79 Å². The van der Waals surface area contributed by atoms with E-state index in [0.29, 0.717) is 6.07 Å². The van der Waals surface area contributed by atoms with Gasteiger partial charge in [-0.2, -0.15) is 13.2 Å². The van der Waals surface area contributed by atoms with Gasteiger partial charge in [0.1, 0.15) is 0 Å². The van der Waals surface area contributed by atoms with Crippen LogP contribution in [0.2, 0.25) is 0 Å². The minimum atomic E-state index is -4.54. The molecule has 0 fully saturated rings. The maximum atomic E-state index is 12.5. The molecule has 1 aromatic rings. The minimum Gasteiger partial charge on any atom is -0.409 e. The number of benzene rings is 1. The molecule has 0 saturated heterocycles. The monoisotopic (exact) mass is 339 g/mol. The Morgan fingerprint density at radius 1 is 1.47 bits per heavy atom. The molecule has 4 N–H and O–H groups in total. The number of oxime groups is 1. The Morgan fingerprint density at radius 2 is 2.11 bits per heavy atom. The summed E-state index contributed by atoms with van der Waals surface area (Å²) < 4.78 is 37.7. The van der Waals surface area contributed by atoms with E-state index in [-0.39, 0.29) is 22.4 Å². The Bertz CT molecular complexity index is 517. The molecule has 0 radical (unpaired) electrons. The van der Waals surface area contributed by atoms with E-state index in [4.69, 9.17) is 10.9 Å². The summed E-state index contributed by atoms with van der Waals surface area (Å²) in [6, 6.07) is 2.69. The number of rotatable bonds is 3. The van der Waals surface area contributed by atoms with Crippen LogP contribution in [0.3, 0.4) is 0 Å². The van der Waals surface area contributed by atoms with E-state index in [1.165, 1.54) is 0 Å². The second-order valence-corrected chi connectivity index (χ2v) is 4.32. The number of carbonyl (C=O) groups is 1. The van der Waals surface area contributed by atoms with Gasteiger partial charge in [0, 0.05) is 4.47 Å². The fraction of sp³-hybridized carbons (Fsp3) is 0.200. The van der Waals surface area contributed by atoms with Crippen LogP contribution in [-0.2, 0) is 6.18 Å². The van der Waals surface area contributed by atoms with Crippen molar-refractivity contribution in [3.05, 3.63) is 33.8 Å². The molecule has 0 unspecified atom stereocenters. The van der Waals surface area contributed by atoms with E-state index in [0.717, 1.165) is 12.1 Å². The van der Waals surface area contributed by atoms with Gasteiger partial charge < -0.3 is 16.3 Å². The van der Waals surface area contributed by atoms with Crippen LogP contribution in [-0.4, -0.2) is 23.5 Å². The van der Waals surface area contributed by atoms with Crippen LogP contribution in [0.4, 0.5) is 13.2 Å². The normalized spacial score (nSPS) is 12.3. The molecule has 0 heterocycles. The highest BCUT2D eigenvalue weighted by Gasteiger charge is 2.31. The average Bonchev–Trinajstić information content (AvgIpc) is 2.34. The molecule has 0 spiro atoms. The Kier molecular flexibility index (Phi) is 4.76. The predicted molar refractivity (Wildman–Crippen MR) is 64.9 cm³/mol. The Labute approximate surface area is 114 Å². The third-order valence-electron chi connectivity index (χ3n) is 2.10. The molecule has 1 amide bonds. The molecule has 0 aromatic heterocycles. The summed E-state index contributed by atoms with van der Waals surface area (Å²) in [5.41, 5.74) is 4.00. The van der Waals surface area contributed by atoms with E-state index in [9.17, 15) is 18.0 Å². The predicted octanol–water partition coefficient (Wildman–Crippen LogP) is 1.94. The van der Waals surface area contributed by atoms with Crippen LogP contribution in [0.5, 0.6) is 0 Å². The highest BCUT2D eigenvalue weighted by molar-refractivity contribution is 9.10. The molecule has 0 aliphatic rings. The summed E-state index contributed by atoms with van der Waals surface area (Å²) in [7, 11) is 0. The lowest BCUT2D eigenvalue weighted by atomic mass is 10.1. The standard InChI is InChI=1S/C10H9BrF3N3O2/c11-7-2-1-5(10(12,13)14)3-6(7)9(18)16-4-8(15)17-19/h1-3,19H,4H2,(H2,15,17)(H,16,18). The van der Waals surface area contributed by atoms with Gasteiger partial charge in [-0.15, -0.1) is 0 Å². The van der Waals surface area contributed by atoms with Crippen molar-refractivity contribution in [3.8, 4) is 0 Å². The van der Waals surface area contributed by atoms with Gasteiger partial charge in [-0.25, -0.2) is 0 Å². The van der Waals surface area contributed by atoms with Crippen LogP contribution >= 0.6 is 15.9 Å². The molecule has 0 atom stereocenters. The van der Waals surface area contributed by atoms with Crippen molar-refractivity contribution in [1.29, 1.82) is 0 Å². The molecule has 0 aliphatic heterocycles. The second kappa shape index (κ2) is 5.91. The topological polar surface area (TPSA) is 87.7 Å². The zero-order valence-corrected chi connectivity index (χ0v) is 10.9. The van der Waals surface area contributed by atoms with E-state index in [2.05, 4.69) is 26.4 Å². The first-order valence-electron chi connectivity index (χ1n) is 4.87. The molecule has 0 aliphatic carbocycles. The quantitative estimate of drug-likeness (QED) is 0.340. The third-order valence-corrected chi connectivity index (χ3v) is 2.79. The number of nitrogens with zero attached hydrogens (tertiary/aromatic N) is 1. The highest BCUT2D eigenvalue weighted by atomic mass is 79.9. The van der Waals surface area contributed by atoms with Crippen molar-refractivity contribution >= 4 is 27.7 Å². The van der Waals surface area contributed by atoms with Crippen molar-refractivity contribution in [2.75, 3.05) is 6.54 Å². The largest absolute Gasteiger partial charge is 0.416 e. The number of hydrogen-bond acceptors (Lipinski definition) is 3. The molecule has 104 valence electrons. The van der Waals surface area contributed by atoms with Crippen LogP contribution in [0, 0.1) is 0 Å². The minimum absolute atomic E-state index is 0.194. The van der Waals surface area contributed by atoms with Gasteiger partial charge in [-0.1, -0.05) is 5.16 Å². The number of carbonyl (C=O) groups excluding carboxylic acids is 1. The van der Waals surface area contributed by atoms with Gasteiger partial charge in [0.15, 0.2) is 5.84 Å². The summed E-state index contributed by atoms with van der Waals surface area (Å²) in [6.07, 6.45) is -4.54. The van der Waals surface area contributed by atoms with E-state index in [1.807, 2.05) is 0 Å². The first kappa shape index (κ1) is 15.3. The number of hydrogen-bond donors (Lipinski definition) is 3. The summed E-state index contributed by atoms with van der Waals surface area (Å²) in [4.78, 5) is 11.7. The summed E-state index contributed by atoms with van der Waals surface area (Å²) >= 11 is 2.98. The molecule has 19 heavy (non-hydrogen) atoms. The molecule has 0 saturated carbocycles. The molecular formula is C10H9BrF3N3O2. The smallest absolute Gasteiger partial charge is 0.409 e. The molecule has 0 bridgehead atoms. The average molecular weight is 340 g/mol. The maximum Gasteiger partial charge on any atom is 0.416 e. The number of alkyl halides is 3. The SMILES string of the molecule is N/C(CNC(=O)c1cc(C(F)(F)F)ccc1Br)=N/O. The summed E-state index contributed by atoms with van der Waals surface area (Å²) in [6.45, 7) is -0.280. The lowest BCUT2D eigenvalue weighted by molar-refractivity contribution is -0.137. The van der Waals surface area contributed by atoms with E-state index < -0.39 is 17.6 Å². The summed E-state index contributed by atoms with van der Waals surface area (Å²) in [5.74, 6) is -1.04. The van der Waals surface area contributed by atoms with Crippen molar-refractivity contribution in [3.63, 3.8) is 0 Å². The molecule has 9 heteroatoms. The molecule has 1 aromatic carbocycles. The molecule has 5 nitrogen and oxygen atoms in total. The lowest BCUT2D eigenvalue weighted by Gasteiger charge is -2.10. The Morgan fingerprint density at radius 3 is 2.63 bits per heavy atom. The van der Waals surface area contributed by atoms with Gasteiger partial charge >= 0.3 is 6.18 Å². The second-order valence-electron chi connectivity index (χ2n) is 3.47. The zero-order chi connectivity index (χ0) is 14.6. The van der Waals surface area contributed by atoms with Crippen molar-refractivity contribution in [2.24, 2.45) is 10.9 Å². The third kappa shape index (κ3) is 4.12. The molecule has 1 rings (SSSR count). The summed E-state index contributed by atoms with van der Waals surface area (Å²) in [5, 5.41) is 13.1. The van der Waals surface area contributed by atoms with Crippen LogP contribution < -0.4 is 11.1 Å². The highest BCUT2D eigenvalue weighted by Crippen LogP contribution is 2.31. The zero-order valence-electron chi connectivity index (χ0n) is 9.33. The van der Waals surface area contributed by atoms with Crippen molar-refractivity contribution in [2.45, 2.75) is 6.18 Å². The van der Waals surface area contributed by atoms with Gasteiger partial charge in [0.05, 0.1) is 17.7 Å². The first-order chi connectivity index (χ1) is 8.75. The molecular weight excluding hydrogens is 331 g/mol. The number of nitrogens with one attached hydrogen (secondary N) is 1. The lowest BCUT2D eigenvalue weighted by Crippen LogP contribution is -2.33. The van der Waals surface area contributed by atoms with E-state index >= 15 is 0 Å². The van der Waals surface area contributed by atoms with Crippen molar-refractivity contribution < 1.29 is 23.2 Å². The first-order valence-corrected chi connectivity index (χ1v) is 5.66.